The number of hydrogen-bond donors (Lipinski definition) is 2. The van der Waals surface area contributed by atoms with E-state index in [4.69, 9.17) is 14.2 Å². The number of amides is 2. The second kappa shape index (κ2) is 9.56. The lowest BCUT2D eigenvalue weighted by atomic mass is 10.2. The van der Waals surface area contributed by atoms with Gasteiger partial charge in [-0.3, -0.25) is 0 Å². The maximum atomic E-state index is 12.2. The number of carbonyl (C=O) groups excluding carboxylic acids is 1. The van der Waals surface area contributed by atoms with Crippen molar-refractivity contribution in [3.8, 4) is 17.2 Å². The number of aryl methyl sites for hydroxylation is 1. The number of hydrogen-bond acceptors (Lipinski definition) is 4. The average molecular weight is 358 g/mol. The van der Waals surface area contributed by atoms with Crippen LogP contribution < -0.4 is 24.8 Å². The number of nitrogens with one attached hydrogen (secondary N) is 2. The highest BCUT2D eigenvalue weighted by atomic mass is 16.5. The summed E-state index contributed by atoms with van der Waals surface area (Å²) in [5.41, 5.74) is 2.63. The first-order valence-corrected chi connectivity index (χ1v) is 8.56. The van der Waals surface area contributed by atoms with Gasteiger partial charge in [0.1, 0.15) is 5.75 Å². The van der Waals surface area contributed by atoms with Crippen LogP contribution in [0.2, 0.25) is 0 Å². The fraction of sp³-hybridized carbons (Fsp3) is 0.350. The van der Waals surface area contributed by atoms with Crippen molar-refractivity contribution < 1.29 is 19.0 Å². The van der Waals surface area contributed by atoms with E-state index >= 15 is 0 Å². The minimum Gasteiger partial charge on any atom is -0.493 e. The van der Waals surface area contributed by atoms with Crippen molar-refractivity contribution >= 4 is 11.7 Å². The molecule has 0 spiro atoms. The van der Waals surface area contributed by atoms with Crippen LogP contribution in [-0.2, 0) is 6.54 Å². The van der Waals surface area contributed by atoms with Crippen LogP contribution in [0.4, 0.5) is 10.5 Å². The molecule has 6 heteroatoms. The maximum Gasteiger partial charge on any atom is 0.319 e. The van der Waals surface area contributed by atoms with E-state index in [1.54, 1.807) is 14.2 Å². The molecule has 2 N–H and O–H groups in total. The Labute approximate surface area is 154 Å². The molecule has 0 atom stereocenters. The third kappa shape index (κ3) is 5.31. The lowest BCUT2D eigenvalue weighted by Gasteiger charge is -2.14. The lowest BCUT2D eigenvalue weighted by molar-refractivity contribution is 0.251. The fourth-order valence-corrected chi connectivity index (χ4v) is 2.40. The SMILES string of the molecule is CCCOc1cc(C)ccc1NC(=O)NCc1ccc(OC)c(OC)c1. The minimum absolute atomic E-state index is 0.301. The Bertz CT molecular complexity index is 747. The molecule has 2 aromatic rings. The summed E-state index contributed by atoms with van der Waals surface area (Å²) >= 11 is 0. The van der Waals surface area contributed by atoms with Gasteiger partial charge in [0.05, 0.1) is 26.5 Å². The summed E-state index contributed by atoms with van der Waals surface area (Å²) < 4.78 is 16.2. The van der Waals surface area contributed by atoms with Crippen LogP contribution in [0.25, 0.3) is 0 Å². The van der Waals surface area contributed by atoms with Crippen LogP contribution in [0.15, 0.2) is 36.4 Å². The summed E-state index contributed by atoms with van der Waals surface area (Å²) in [7, 11) is 3.17. The molecule has 0 aliphatic rings. The van der Waals surface area contributed by atoms with Crippen molar-refractivity contribution in [2.24, 2.45) is 0 Å². The second-order valence-electron chi connectivity index (χ2n) is 5.85. The Hall–Kier alpha value is -2.89. The summed E-state index contributed by atoms with van der Waals surface area (Å²) in [5.74, 6) is 1.95. The van der Waals surface area contributed by atoms with Gasteiger partial charge in [-0.2, -0.15) is 0 Å². The molecular formula is C20H26N2O4. The van der Waals surface area contributed by atoms with Gasteiger partial charge in [-0.05, 0) is 48.7 Å². The topological polar surface area (TPSA) is 68.8 Å². The maximum absolute atomic E-state index is 12.2. The lowest BCUT2D eigenvalue weighted by Crippen LogP contribution is -2.28. The molecule has 0 saturated carbocycles. The molecule has 0 unspecified atom stereocenters. The van der Waals surface area contributed by atoms with Gasteiger partial charge in [0.25, 0.3) is 0 Å². The van der Waals surface area contributed by atoms with Gasteiger partial charge in [0.2, 0.25) is 0 Å². The summed E-state index contributed by atoms with van der Waals surface area (Å²) in [4.78, 5) is 12.2. The first kappa shape index (κ1) is 19.4. The Morgan fingerprint density at radius 3 is 2.46 bits per heavy atom. The van der Waals surface area contributed by atoms with E-state index < -0.39 is 0 Å². The van der Waals surface area contributed by atoms with Gasteiger partial charge < -0.3 is 24.8 Å². The fourth-order valence-electron chi connectivity index (χ4n) is 2.40. The largest absolute Gasteiger partial charge is 0.493 e. The van der Waals surface area contributed by atoms with Gasteiger partial charge >= 0.3 is 6.03 Å². The highest BCUT2D eigenvalue weighted by Gasteiger charge is 2.09. The smallest absolute Gasteiger partial charge is 0.319 e. The third-order valence-electron chi connectivity index (χ3n) is 3.75. The van der Waals surface area contributed by atoms with Crippen molar-refractivity contribution in [3.05, 3.63) is 47.5 Å². The monoisotopic (exact) mass is 358 g/mol. The van der Waals surface area contributed by atoms with Gasteiger partial charge in [0.15, 0.2) is 11.5 Å². The molecule has 26 heavy (non-hydrogen) atoms. The Morgan fingerprint density at radius 1 is 1.00 bits per heavy atom. The summed E-state index contributed by atoms with van der Waals surface area (Å²) in [5, 5.41) is 5.67. The Balaban J connectivity index is 1.99. The second-order valence-corrected chi connectivity index (χ2v) is 5.85. The summed E-state index contributed by atoms with van der Waals surface area (Å²) in [6.45, 7) is 4.99. The third-order valence-corrected chi connectivity index (χ3v) is 3.75. The van der Waals surface area contributed by atoms with Gasteiger partial charge in [-0.15, -0.1) is 0 Å². The van der Waals surface area contributed by atoms with Crippen molar-refractivity contribution in [1.29, 1.82) is 0 Å². The molecule has 0 heterocycles. The van der Waals surface area contributed by atoms with Crippen LogP contribution >= 0.6 is 0 Å². The van der Waals surface area contributed by atoms with Crippen molar-refractivity contribution in [1.82, 2.24) is 5.32 Å². The predicted octanol–water partition coefficient (Wildman–Crippen LogP) is 4.12. The molecule has 0 aliphatic carbocycles. The Morgan fingerprint density at radius 2 is 1.77 bits per heavy atom. The molecule has 0 bridgehead atoms. The zero-order chi connectivity index (χ0) is 18.9. The molecule has 140 valence electrons. The predicted molar refractivity (Wildman–Crippen MR) is 102 cm³/mol. The number of urea groups is 1. The first-order chi connectivity index (χ1) is 12.6. The van der Waals surface area contributed by atoms with E-state index in [1.165, 1.54) is 0 Å². The van der Waals surface area contributed by atoms with Crippen LogP contribution in [0.5, 0.6) is 17.2 Å². The Kier molecular flexibility index (Phi) is 7.14. The van der Waals surface area contributed by atoms with Gasteiger partial charge in [-0.1, -0.05) is 19.1 Å². The molecule has 0 fully saturated rings. The molecule has 0 saturated heterocycles. The van der Waals surface area contributed by atoms with Crippen molar-refractivity contribution in [2.45, 2.75) is 26.8 Å². The number of rotatable bonds is 8. The zero-order valence-corrected chi connectivity index (χ0v) is 15.7. The van der Waals surface area contributed by atoms with E-state index in [0.717, 1.165) is 17.5 Å². The molecule has 0 radical (unpaired) electrons. The average Bonchev–Trinajstić information content (AvgIpc) is 2.66. The van der Waals surface area contributed by atoms with Crippen LogP contribution in [0, 0.1) is 6.92 Å². The van der Waals surface area contributed by atoms with E-state index in [1.807, 2.05) is 50.2 Å². The van der Waals surface area contributed by atoms with E-state index in [9.17, 15) is 4.79 Å². The zero-order valence-electron chi connectivity index (χ0n) is 15.7. The summed E-state index contributed by atoms with van der Waals surface area (Å²) in [6, 6.07) is 10.9. The quantitative estimate of drug-likeness (QED) is 0.745. The number of benzene rings is 2. The number of anilines is 1. The van der Waals surface area contributed by atoms with Crippen molar-refractivity contribution in [2.75, 3.05) is 26.1 Å². The molecule has 0 aromatic heterocycles. The number of methoxy groups -OCH3 is 2. The summed E-state index contributed by atoms with van der Waals surface area (Å²) in [6.07, 6.45) is 0.902. The molecular weight excluding hydrogens is 332 g/mol. The van der Waals surface area contributed by atoms with Crippen LogP contribution in [0.3, 0.4) is 0 Å². The van der Waals surface area contributed by atoms with E-state index in [2.05, 4.69) is 10.6 Å². The molecule has 6 nitrogen and oxygen atoms in total. The molecule has 2 rings (SSSR count). The van der Waals surface area contributed by atoms with Gasteiger partial charge in [-0.25, -0.2) is 4.79 Å². The minimum atomic E-state index is -0.301. The number of ether oxygens (including phenoxy) is 3. The molecule has 2 amide bonds. The normalized spacial score (nSPS) is 10.2. The first-order valence-electron chi connectivity index (χ1n) is 8.56. The van der Waals surface area contributed by atoms with Crippen molar-refractivity contribution in [3.63, 3.8) is 0 Å². The number of carbonyl (C=O) groups is 1. The van der Waals surface area contributed by atoms with Crippen LogP contribution in [-0.4, -0.2) is 26.9 Å². The molecule has 0 aliphatic heterocycles. The highest BCUT2D eigenvalue weighted by Crippen LogP contribution is 2.28. The highest BCUT2D eigenvalue weighted by molar-refractivity contribution is 5.90. The van der Waals surface area contributed by atoms with Gasteiger partial charge in [0, 0.05) is 6.54 Å². The molecule has 2 aromatic carbocycles. The van der Waals surface area contributed by atoms with E-state index in [-0.39, 0.29) is 6.03 Å². The van der Waals surface area contributed by atoms with E-state index in [0.29, 0.717) is 36.1 Å². The standard InChI is InChI=1S/C20H26N2O4/c1-5-10-26-18-11-14(2)6-8-16(18)22-20(23)21-13-15-7-9-17(24-3)19(12-15)25-4/h6-9,11-12H,5,10,13H2,1-4H3,(H2,21,22,23). The van der Waals surface area contributed by atoms with Crippen LogP contribution in [0.1, 0.15) is 24.5 Å².